The molecule has 6 heteroatoms. The van der Waals surface area contributed by atoms with E-state index >= 15 is 0 Å². The molecule has 0 aliphatic carbocycles. The lowest BCUT2D eigenvalue weighted by Crippen LogP contribution is -2.03. The molecule has 0 amide bonds. The molecule has 0 aromatic heterocycles. The lowest BCUT2D eigenvalue weighted by Gasteiger charge is -2.17. The molecule has 20 heavy (non-hydrogen) atoms. The highest BCUT2D eigenvalue weighted by molar-refractivity contribution is 8.77. The van der Waals surface area contributed by atoms with Crippen molar-refractivity contribution in [1.29, 1.82) is 0 Å². The summed E-state index contributed by atoms with van der Waals surface area (Å²) in [5.41, 5.74) is 2.11. The monoisotopic (exact) mass is 344 g/mol. The minimum Gasteiger partial charge on any atom is -0.388 e. The molecule has 0 unspecified atom stereocenters. The zero-order valence-corrected chi connectivity index (χ0v) is 14.2. The van der Waals surface area contributed by atoms with Crippen LogP contribution in [0.5, 0.6) is 0 Å². The normalized spacial score (nSPS) is 10.4. The van der Waals surface area contributed by atoms with Gasteiger partial charge in [0.15, 0.2) is 0 Å². The third kappa shape index (κ3) is 4.42. The highest BCUT2D eigenvalue weighted by Crippen LogP contribution is 2.38. The fourth-order valence-electron chi connectivity index (χ4n) is 1.55. The molecule has 0 spiro atoms. The summed E-state index contributed by atoms with van der Waals surface area (Å²) in [7, 11) is 7.19. The lowest BCUT2D eigenvalue weighted by atomic mass is 10.3. The van der Waals surface area contributed by atoms with Gasteiger partial charge in [0.05, 0.1) is 0 Å². The van der Waals surface area contributed by atoms with Crippen LogP contribution in [-0.2, 0) is 0 Å². The topological polar surface area (TPSA) is 15.3 Å². The molecule has 2 rings (SSSR count). The molecule has 0 aliphatic rings. The van der Waals surface area contributed by atoms with Gasteiger partial charge < -0.3 is 9.62 Å². The zero-order valence-electron chi connectivity index (χ0n) is 11.1. The number of hydrogen-bond acceptors (Lipinski definition) is 4. The van der Waals surface area contributed by atoms with E-state index in [1.165, 1.54) is 0 Å². The van der Waals surface area contributed by atoms with Crippen molar-refractivity contribution in [2.75, 3.05) is 23.7 Å². The first-order valence-electron chi connectivity index (χ1n) is 5.91. The minimum absolute atomic E-state index is 0.731. The SMILES string of the molecule is CNc1cc(Cl)cc(SSN(C)c2ccc(Cl)cc2)c1. The predicted molar refractivity (Wildman–Crippen MR) is 94.3 cm³/mol. The average molecular weight is 345 g/mol. The predicted octanol–water partition coefficient (Wildman–Crippen LogP) is 5.83. The minimum atomic E-state index is 0.731. The van der Waals surface area contributed by atoms with Gasteiger partial charge in [-0.3, -0.25) is 0 Å². The molecule has 0 heterocycles. The van der Waals surface area contributed by atoms with E-state index in [1.54, 1.807) is 21.8 Å². The second-order valence-corrected chi connectivity index (χ2v) is 7.21. The number of rotatable bonds is 5. The number of benzene rings is 2. The van der Waals surface area contributed by atoms with E-state index in [1.807, 2.05) is 50.5 Å². The number of halogens is 2. The second kappa shape index (κ2) is 7.36. The van der Waals surface area contributed by atoms with Crippen molar-refractivity contribution in [1.82, 2.24) is 0 Å². The molecular weight excluding hydrogens is 331 g/mol. The van der Waals surface area contributed by atoms with E-state index in [9.17, 15) is 0 Å². The third-order valence-corrected chi connectivity index (χ3v) is 5.47. The van der Waals surface area contributed by atoms with Gasteiger partial charge in [-0.2, -0.15) is 0 Å². The first-order chi connectivity index (χ1) is 9.58. The molecule has 0 saturated carbocycles. The summed E-state index contributed by atoms with van der Waals surface area (Å²) in [4.78, 5) is 1.10. The van der Waals surface area contributed by atoms with Crippen molar-refractivity contribution in [2.45, 2.75) is 4.90 Å². The molecule has 0 fully saturated rings. The second-order valence-electron chi connectivity index (χ2n) is 4.06. The largest absolute Gasteiger partial charge is 0.388 e. The zero-order chi connectivity index (χ0) is 14.5. The number of nitrogens with zero attached hydrogens (tertiary/aromatic N) is 1. The fourth-order valence-corrected chi connectivity index (χ4v) is 3.87. The molecule has 1 N–H and O–H groups in total. The lowest BCUT2D eigenvalue weighted by molar-refractivity contribution is 1.37. The Kier molecular flexibility index (Phi) is 5.78. The maximum absolute atomic E-state index is 6.09. The van der Waals surface area contributed by atoms with E-state index in [4.69, 9.17) is 23.2 Å². The van der Waals surface area contributed by atoms with Gasteiger partial charge in [0.2, 0.25) is 0 Å². The summed E-state index contributed by atoms with van der Waals surface area (Å²) in [5, 5.41) is 4.57. The number of anilines is 2. The van der Waals surface area contributed by atoms with Gasteiger partial charge in [-0.05, 0) is 53.3 Å². The first-order valence-corrected chi connectivity index (χ1v) is 8.77. The van der Waals surface area contributed by atoms with Crippen molar-refractivity contribution >= 4 is 56.4 Å². The van der Waals surface area contributed by atoms with Crippen LogP contribution >= 0.6 is 45.0 Å². The van der Waals surface area contributed by atoms with Crippen molar-refractivity contribution in [2.24, 2.45) is 0 Å². The van der Waals surface area contributed by atoms with Crippen LogP contribution < -0.4 is 9.62 Å². The fraction of sp³-hybridized carbons (Fsp3) is 0.143. The molecule has 2 aromatic carbocycles. The first kappa shape index (κ1) is 15.7. The Bertz CT molecular complexity index is 576. The van der Waals surface area contributed by atoms with Gasteiger partial charge >= 0.3 is 0 Å². The summed E-state index contributed by atoms with van der Waals surface area (Å²) >= 11 is 12.0. The average Bonchev–Trinajstić information content (AvgIpc) is 2.45. The van der Waals surface area contributed by atoms with Crippen LogP contribution in [0.2, 0.25) is 10.0 Å². The summed E-state index contributed by atoms with van der Waals surface area (Å²) in [6, 6.07) is 13.7. The van der Waals surface area contributed by atoms with Crippen molar-refractivity contribution < 1.29 is 0 Å². The standard InChI is InChI=1S/C14H14Cl2N2S2/c1-17-12-7-11(16)8-14(9-12)19-20-18(2)13-5-3-10(15)4-6-13/h3-9,17H,1-2H3. The van der Waals surface area contributed by atoms with E-state index in [0.29, 0.717) is 0 Å². The summed E-state index contributed by atoms with van der Waals surface area (Å²) in [6.07, 6.45) is 0. The number of nitrogens with one attached hydrogen (secondary N) is 1. The molecule has 0 saturated heterocycles. The molecule has 0 bridgehead atoms. The van der Waals surface area contributed by atoms with E-state index < -0.39 is 0 Å². The molecule has 0 aliphatic heterocycles. The Morgan fingerprint density at radius 2 is 1.70 bits per heavy atom. The van der Waals surface area contributed by atoms with Crippen LogP contribution in [0.4, 0.5) is 11.4 Å². The Hall–Kier alpha value is -0.680. The van der Waals surface area contributed by atoms with Gasteiger partial charge in [0.1, 0.15) is 0 Å². The molecule has 106 valence electrons. The van der Waals surface area contributed by atoms with Crippen LogP contribution in [0.25, 0.3) is 0 Å². The smallest absolute Gasteiger partial charge is 0.0475 e. The third-order valence-electron chi connectivity index (χ3n) is 2.60. The molecule has 0 atom stereocenters. The van der Waals surface area contributed by atoms with Gasteiger partial charge in [-0.25, -0.2) is 0 Å². The van der Waals surface area contributed by atoms with Crippen LogP contribution in [0.3, 0.4) is 0 Å². The Morgan fingerprint density at radius 1 is 1.00 bits per heavy atom. The highest BCUT2D eigenvalue weighted by Gasteiger charge is 2.05. The van der Waals surface area contributed by atoms with E-state index in [0.717, 1.165) is 26.3 Å². The highest BCUT2D eigenvalue weighted by atomic mass is 35.5. The van der Waals surface area contributed by atoms with Crippen LogP contribution in [0.15, 0.2) is 47.4 Å². The summed E-state index contributed by atoms with van der Waals surface area (Å²) in [5.74, 6) is 0. The Labute approximate surface area is 137 Å². The molecule has 2 aromatic rings. The summed E-state index contributed by atoms with van der Waals surface area (Å²) < 4.78 is 2.08. The molecule has 2 nitrogen and oxygen atoms in total. The maximum Gasteiger partial charge on any atom is 0.0475 e. The molecular formula is C14H14Cl2N2S2. The quantitative estimate of drug-likeness (QED) is 0.542. The summed E-state index contributed by atoms with van der Waals surface area (Å²) in [6.45, 7) is 0. The Morgan fingerprint density at radius 3 is 2.35 bits per heavy atom. The van der Waals surface area contributed by atoms with Crippen molar-refractivity contribution in [3.63, 3.8) is 0 Å². The van der Waals surface area contributed by atoms with E-state index in [2.05, 4.69) is 15.7 Å². The van der Waals surface area contributed by atoms with Crippen LogP contribution in [-0.4, -0.2) is 14.1 Å². The maximum atomic E-state index is 6.09. The van der Waals surface area contributed by atoms with Gasteiger partial charge in [0.25, 0.3) is 0 Å². The van der Waals surface area contributed by atoms with E-state index in [-0.39, 0.29) is 0 Å². The van der Waals surface area contributed by atoms with Gasteiger partial charge in [-0.15, -0.1) is 0 Å². The van der Waals surface area contributed by atoms with Crippen LogP contribution in [0.1, 0.15) is 0 Å². The van der Waals surface area contributed by atoms with Crippen molar-refractivity contribution in [3.8, 4) is 0 Å². The van der Waals surface area contributed by atoms with Gasteiger partial charge in [0, 0.05) is 51.4 Å². The molecule has 0 radical (unpaired) electrons. The Balaban J connectivity index is 2.01. The van der Waals surface area contributed by atoms with Gasteiger partial charge in [-0.1, -0.05) is 23.2 Å². The van der Waals surface area contributed by atoms with Crippen LogP contribution in [0, 0.1) is 0 Å². The van der Waals surface area contributed by atoms with Crippen molar-refractivity contribution in [3.05, 3.63) is 52.5 Å². The number of hydrogen-bond donors (Lipinski definition) is 1.